The van der Waals surface area contributed by atoms with Crippen LogP contribution >= 0.6 is 0 Å². The van der Waals surface area contributed by atoms with Gasteiger partial charge in [-0.2, -0.15) is 0 Å². The molecule has 0 bridgehead atoms. The van der Waals surface area contributed by atoms with Gasteiger partial charge in [0, 0.05) is 0 Å². The minimum atomic E-state index is 1.22. The minimum Gasteiger partial charge on any atom is -0.0991 e. The molecule has 0 fully saturated rings. The first kappa shape index (κ1) is 8.96. The van der Waals surface area contributed by atoms with E-state index in [9.17, 15) is 0 Å². The maximum absolute atomic E-state index is 3.60. The zero-order valence-corrected chi connectivity index (χ0v) is 6.67. The number of hydrogen-bond acceptors (Lipinski definition) is 0. The Hall–Kier alpha value is -1.04. The Labute approximate surface area is 63.3 Å². The maximum atomic E-state index is 3.60. The van der Waals surface area contributed by atoms with E-state index in [1.807, 2.05) is 44.2 Å². The molecule has 0 saturated carbocycles. The molecular formula is C10H14. The first-order valence-corrected chi connectivity index (χ1v) is 3.40. The summed E-state index contributed by atoms with van der Waals surface area (Å²) in [6.45, 7) is 7.64. The van der Waals surface area contributed by atoms with Crippen LogP contribution in [0.4, 0.5) is 0 Å². The van der Waals surface area contributed by atoms with E-state index in [0.717, 1.165) is 0 Å². The molecule has 0 aliphatic heterocycles. The molecular weight excluding hydrogens is 120 g/mol. The summed E-state index contributed by atoms with van der Waals surface area (Å²) in [6.07, 6.45) is 11.8. The van der Waals surface area contributed by atoms with Gasteiger partial charge in [-0.05, 0) is 13.8 Å². The average Bonchev–Trinajstić information content (AvgIpc) is 1.89. The van der Waals surface area contributed by atoms with E-state index in [1.54, 1.807) is 6.08 Å². The van der Waals surface area contributed by atoms with E-state index in [2.05, 4.69) is 6.58 Å². The molecule has 0 aliphatic rings. The van der Waals surface area contributed by atoms with Crippen LogP contribution in [0.1, 0.15) is 13.8 Å². The lowest BCUT2D eigenvalue weighted by Gasteiger charge is -1.83. The predicted octanol–water partition coefficient (Wildman–Crippen LogP) is 3.25. The summed E-state index contributed by atoms with van der Waals surface area (Å²) in [5.74, 6) is 0. The summed E-state index contributed by atoms with van der Waals surface area (Å²) < 4.78 is 0. The van der Waals surface area contributed by atoms with Gasteiger partial charge >= 0.3 is 0 Å². The molecule has 0 aliphatic carbocycles. The van der Waals surface area contributed by atoms with E-state index in [4.69, 9.17) is 0 Å². The van der Waals surface area contributed by atoms with Crippen LogP contribution in [0.3, 0.4) is 0 Å². The van der Waals surface area contributed by atoms with Gasteiger partial charge in [0.25, 0.3) is 0 Å². The quantitative estimate of drug-likeness (QED) is 0.520. The monoisotopic (exact) mass is 134 g/mol. The van der Waals surface area contributed by atoms with Crippen molar-refractivity contribution in [3.8, 4) is 0 Å². The highest BCUT2D eigenvalue weighted by Crippen LogP contribution is 1.94. The molecule has 10 heavy (non-hydrogen) atoms. The summed E-state index contributed by atoms with van der Waals surface area (Å²) >= 11 is 0. The summed E-state index contributed by atoms with van der Waals surface area (Å²) in [5.41, 5.74) is 1.22. The van der Waals surface area contributed by atoms with Gasteiger partial charge in [-0.15, -0.1) is 0 Å². The third kappa shape index (κ3) is 5.10. The van der Waals surface area contributed by atoms with Gasteiger partial charge in [0.1, 0.15) is 0 Å². The van der Waals surface area contributed by atoms with Gasteiger partial charge in [0.2, 0.25) is 0 Å². The van der Waals surface area contributed by atoms with Crippen molar-refractivity contribution in [3.63, 3.8) is 0 Å². The molecule has 0 aromatic heterocycles. The Kier molecular flexibility index (Phi) is 5.45. The Balaban J connectivity index is 3.88. The SMILES string of the molecule is C=C/C=C(C)/C=C/C=CC. The van der Waals surface area contributed by atoms with Crippen LogP contribution in [0.5, 0.6) is 0 Å². The van der Waals surface area contributed by atoms with Crippen molar-refractivity contribution >= 4 is 0 Å². The second-order valence-corrected chi connectivity index (χ2v) is 2.03. The van der Waals surface area contributed by atoms with Crippen LogP contribution in [0.25, 0.3) is 0 Å². The third-order valence-electron chi connectivity index (χ3n) is 1.04. The molecule has 0 radical (unpaired) electrons. The molecule has 0 heterocycles. The largest absolute Gasteiger partial charge is 0.0991 e. The molecule has 0 aromatic rings. The van der Waals surface area contributed by atoms with Crippen molar-refractivity contribution in [1.82, 2.24) is 0 Å². The minimum absolute atomic E-state index is 1.22. The number of hydrogen-bond donors (Lipinski definition) is 0. The average molecular weight is 134 g/mol. The topological polar surface area (TPSA) is 0 Å². The fourth-order valence-corrected chi connectivity index (χ4v) is 0.560. The smallest absolute Gasteiger partial charge is 0.0398 e. The van der Waals surface area contributed by atoms with Crippen LogP contribution < -0.4 is 0 Å². The van der Waals surface area contributed by atoms with E-state index >= 15 is 0 Å². The Bertz CT molecular complexity index is 168. The highest BCUT2D eigenvalue weighted by molar-refractivity contribution is 5.23. The molecule has 0 rings (SSSR count). The van der Waals surface area contributed by atoms with Crippen molar-refractivity contribution in [1.29, 1.82) is 0 Å². The van der Waals surface area contributed by atoms with Crippen LogP contribution in [0.15, 0.2) is 48.6 Å². The number of rotatable bonds is 3. The molecule has 0 spiro atoms. The molecule has 0 aromatic carbocycles. The van der Waals surface area contributed by atoms with Crippen molar-refractivity contribution in [2.75, 3.05) is 0 Å². The van der Waals surface area contributed by atoms with Crippen molar-refractivity contribution in [3.05, 3.63) is 48.6 Å². The summed E-state index contributed by atoms with van der Waals surface area (Å²) in [7, 11) is 0. The standard InChI is InChI=1S/C10H14/c1-4-6-7-9-10(3)8-5-2/h4-9H,2H2,1,3H3/b6-4?,9-7+,10-8+. The third-order valence-corrected chi connectivity index (χ3v) is 1.04. The van der Waals surface area contributed by atoms with E-state index < -0.39 is 0 Å². The molecule has 0 unspecified atom stereocenters. The fraction of sp³-hybridized carbons (Fsp3) is 0.200. The normalized spacial score (nSPS) is 13.2. The van der Waals surface area contributed by atoms with E-state index in [-0.39, 0.29) is 0 Å². The van der Waals surface area contributed by atoms with Crippen LogP contribution in [-0.4, -0.2) is 0 Å². The molecule has 0 N–H and O–H groups in total. The van der Waals surface area contributed by atoms with Crippen molar-refractivity contribution < 1.29 is 0 Å². The van der Waals surface area contributed by atoms with Gasteiger partial charge in [-0.1, -0.05) is 48.6 Å². The lowest BCUT2D eigenvalue weighted by atomic mass is 10.2. The highest BCUT2D eigenvalue weighted by Gasteiger charge is 1.73. The molecule has 0 atom stereocenters. The van der Waals surface area contributed by atoms with E-state index in [0.29, 0.717) is 0 Å². The van der Waals surface area contributed by atoms with Gasteiger partial charge in [0.15, 0.2) is 0 Å². The van der Waals surface area contributed by atoms with Crippen LogP contribution in [0, 0.1) is 0 Å². The summed E-state index contributed by atoms with van der Waals surface area (Å²) in [6, 6.07) is 0. The molecule has 0 nitrogen and oxygen atoms in total. The molecule has 0 saturated heterocycles. The van der Waals surface area contributed by atoms with Gasteiger partial charge < -0.3 is 0 Å². The Morgan fingerprint density at radius 3 is 2.50 bits per heavy atom. The highest BCUT2D eigenvalue weighted by atomic mass is 13.8. The second-order valence-electron chi connectivity index (χ2n) is 2.03. The lowest BCUT2D eigenvalue weighted by Crippen LogP contribution is -1.62. The van der Waals surface area contributed by atoms with E-state index in [1.165, 1.54) is 5.57 Å². The second kappa shape index (κ2) is 6.09. The molecule has 0 heteroatoms. The fourth-order valence-electron chi connectivity index (χ4n) is 0.560. The van der Waals surface area contributed by atoms with Gasteiger partial charge in [-0.3, -0.25) is 0 Å². The zero-order valence-electron chi connectivity index (χ0n) is 6.67. The molecule has 0 amide bonds. The lowest BCUT2D eigenvalue weighted by molar-refractivity contribution is 1.52. The van der Waals surface area contributed by atoms with Crippen LogP contribution in [0.2, 0.25) is 0 Å². The first-order chi connectivity index (χ1) is 4.81. The molecule has 54 valence electrons. The summed E-state index contributed by atoms with van der Waals surface area (Å²) in [4.78, 5) is 0. The maximum Gasteiger partial charge on any atom is -0.0398 e. The van der Waals surface area contributed by atoms with Crippen LogP contribution in [-0.2, 0) is 0 Å². The Morgan fingerprint density at radius 1 is 1.30 bits per heavy atom. The Morgan fingerprint density at radius 2 is 2.00 bits per heavy atom. The van der Waals surface area contributed by atoms with Crippen molar-refractivity contribution in [2.24, 2.45) is 0 Å². The van der Waals surface area contributed by atoms with Gasteiger partial charge in [-0.25, -0.2) is 0 Å². The number of allylic oxidation sites excluding steroid dienone is 7. The predicted molar refractivity (Wildman–Crippen MR) is 47.9 cm³/mol. The first-order valence-electron chi connectivity index (χ1n) is 3.40. The summed E-state index contributed by atoms with van der Waals surface area (Å²) in [5, 5.41) is 0. The van der Waals surface area contributed by atoms with Crippen molar-refractivity contribution in [2.45, 2.75) is 13.8 Å². The zero-order chi connectivity index (χ0) is 7.82. The van der Waals surface area contributed by atoms with Gasteiger partial charge in [0.05, 0.1) is 0 Å².